The van der Waals surface area contributed by atoms with Crippen LogP contribution in [-0.2, 0) is 4.79 Å². The summed E-state index contributed by atoms with van der Waals surface area (Å²) in [5, 5.41) is 6.18. The molecule has 0 bridgehead atoms. The normalized spacial score (nSPS) is 22.3. The van der Waals surface area contributed by atoms with Crippen molar-refractivity contribution in [2.24, 2.45) is 17.8 Å². The molecule has 0 amide bonds. The minimum absolute atomic E-state index is 0.265. The number of aldehydes is 1. The molecular weight excluding hydrogens is 236 g/mol. The second kappa shape index (κ2) is 7.85. The Bertz CT molecular complexity index is 369. The van der Waals surface area contributed by atoms with Crippen LogP contribution in [0.3, 0.4) is 0 Å². The molecule has 4 unspecified atom stereocenters. The van der Waals surface area contributed by atoms with Crippen molar-refractivity contribution in [3.63, 3.8) is 0 Å². The van der Waals surface area contributed by atoms with Gasteiger partial charge in [-0.25, -0.2) is 0 Å². The van der Waals surface area contributed by atoms with E-state index in [-0.39, 0.29) is 12.1 Å². The van der Waals surface area contributed by atoms with E-state index in [1.165, 1.54) is 12.8 Å². The Hall–Kier alpha value is -1.47. The van der Waals surface area contributed by atoms with Crippen molar-refractivity contribution in [3.05, 3.63) is 30.3 Å². The van der Waals surface area contributed by atoms with E-state index in [9.17, 15) is 4.79 Å². The van der Waals surface area contributed by atoms with Crippen LogP contribution in [0.15, 0.2) is 30.3 Å². The maximum absolute atomic E-state index is 10.7. The lowest BCUT2D eigenvalue weighted by atomic mass is 9.86. The molecule has 0 spiro atoms. The number of rotatable bonds is 8. The standard InChI is InChI=1S/C16H26N2O/c1-5-7-14(9-8-13(4)12(3)6-2)15-10-17-16(11-19)18-15/h7,10-14,16-18H,1,6,8-9H2,2-4H3. The first-order valence-electron chi connectivity index (χ1n) is 7.16. The van der Waals surface area contributed by atoms with Gasteiger partial charge < -0.3 is 10.6 Å². The maximum Gasteiger partial charge on any atom is 0.162 e. The number of hydrogen-bond acceptors (Lipinski definition) is 3. The number of nitrogens with one attached hydrogen (secondary N) is 2. The van der Waals surface area contributed by atoms with Crippen LogP contribution in [0.2, 0.25) is 0 Å². The van der Waals surface area contributed by atoms with Gasteiger partial charge in [0.15, 0.2) is 12.5 Å². The van der Waals surface area contributed by atoms with E-state index in [0.717, 1.165) is 24.3 Å². The van der Waals surface area contributed by atoms with Crippen LogP contribution in [0.5, 0.6) is 0 Å². The summed E-state index contributed by atoms with van der Waals surface area (Å²) in [6, 6.07) is 0. The van der Waals surface area contributed by atoms with Gasteiger partial charge in [0.2, 0.25) is 0 Å². The molecule has 3 heteroatoms. The first kappa shape index (κ1) is 15.6. The van der Waals surface area contributed by atoms with Crippen LogP contribution in [0.1, 0.15) is 40.0 Å². The summed E-state index contributed by atoms with van der Waals surface area (Å²) in [6.07, 6.45) is 7.91. The zero-order valence-electron chi connectivity index (χ0n) is 12.3. The third kappa shape index (κ3) is 4.60. The van der Waals surface area contributed by atoms with Crippen molar-refractivity contribution < 1.29 is 4.79 Å². The summed E-state index contributed by atoms with van der Waals surface area (Å²) in [6.45, 7) is 10.5. The molecule has 19 heavy (non-hydrogen) atoms. The van der Waals surface area contributed by atoms with Crippen LogP contribution >= 0.6 is 0 Å². The summed E-state index contributed by atoms with van der Waals surface area (Å²) in [4.78, 5) is 10.7. The molecule has 0 radical (unpaired) electrons. The second-order valence-corrected chi connectivity index (χ2v) is 5.44. The largest absolute Gasteiger partial charge is 0.364 e. The van der Waals surface area contributed by atoms with Gasteiger partial charge in [0, 0.05) is 17.8 Å². The highest BCUT2D eigenvalue weighted by Gasteiger charge is 2.21. The van der Waals surface area contributed by atoms with E-state index >= 15 is 0 Å². The van der Waals surface area contributed by atoms with Gasteiger partial charge >= 0.3 is 0 Å². The fourth-order valence-corrected chi connectivity index (χ4v) is 2.33. The summed E-state index contributed by atoms with van der Waals surface area (Å²) >= 11 is 0. The molecule has 106 valence electrons. The average molecular weight is 262 g/mol. The quantitative estimate of drug-likeness (QED) is 0.522. The summed E-state index contributed by atoms with van der Waals surface area (Å²) in [5.74, 6) is 1.73. The molecule has 1 rings (SSSR count). The number of allylic oxidation sites excluding steroid dienone is 1. The summed E-state index contributed by atoms with van der Waals surface area (Å²) < 4.78 is 0. The van der Waals surface area contributed by atoms with Crippen LogP contribution in [0, 0.1) is 17.8 Å². The first-order chi connectivity index (χ1) is 9.12. The lowest BCUT2D eigenvalue weighted by molar-refractivity contribution is -0.109. The van der Waals surface area contributed by atoms with Crippen molar-refractivity contribution >= 4 is 6.29 Å². The van der Waals surface area contributed by atoms with Crippen molar-refractivity contribution in [2.45, 2.75) is 46.2 Å². The molecule has 1 aliphatic rings. The highest BCUT2D eigenvalue weighted by Crippen LogP contribution is 2.25. The highest BCUT2D eigenvalue weighted by atomic mass is 16.1. The monoisotopic (exact) mass is 262 g/mol. The van der Waals surface area contributed by atoms with Crippen LogP contribution < -0.4 is 10.6 Å². The van der Waals surface area contributed by atoms with Crippen molar-refractivity contribution in [1.29, 1.82) is 0 Å². The Labute approximate surface area is 116 Å². The van der Waals surface area contributed by atoms with Crippen molar-refractivity contribution in [1.82, 2.24) is 10.6 Å². The molecule has 0 fully saturated rings. The number of carbonyl (C=O) groups excluding carboxylic acids is 1. The molecule has 2 N–H and O–H groups in total. The summed E-state index contributed by atoms with van der Waals surface area (Å²) in [5.41, 5.74) is 3.93. The van der Waals surface area contributed by atoms with E-state index in [0.29, 0.717) is 5.92 Å². The lowest BCUT2D eigenvalue weighted by Gasteiger charge is -2.21. The zero-order chi connectivity index (χ0) is 14.3. The van der Waals surface area contributed by atoms with E-state index in [1.807, 2.05) is 12.3 Å². The third-order valence-corrected chi connectivity index (χ3v) is 4.14. The molecule has 1 aliphatic heterocycles. The molecular formula is C16H26N2O. The molecule has 0 saturated heterocycles. The fraction of sp³-hybridized carbons (Fsp3) is 0.625. The van der Waals surface area contributed by atoms with E-state index < -0.39 is 0 Å². The molecule has 0 saturated carbocycles. The van der Waals surface area contributed by atoms with E-state index in [1.54, 1.807) is 0 Å². The SMILES string of the molecule is C=C=CC(CCC(C)C(C)CC)C1=CNC(C=O)N1. The molecule has 0 aromatic heterocycles. The molecule has 3 nitrogen and oxygen atoms in total. The molecule has 0 aromatic carbocycles. The topological polar surface area (TPSA) is 41.1 Å². The van der Waals surface area contributed by atoms with E-state index in [4.69, 9.17) is 0 Å². The first-order valence-corrected chi connectivity index (χ1v) is 7.16. The maximum atomic E-state index is 10.7. The second-order valence-electron chi connectivity index (χ2n) is 5.44. The predicted molar refractivity (Wildman–Crippen MR) is 79.3 cm³/mol. The van der Waals surface area contributed by atoms with Gasteiger partial charge in [0.25, 0.3) is 0 Å². The summed E-state index contributed by atoms with van der Waals surface area (Å²) in [7, 11) is 0. The average Bonchev–Trinajstić information content (AvgIpc) is 2.90. The van der Waals surface area contributed by atoms with Crippen molar-refractivity contribution in [2.75, 3.05) is 0 Å². The Kier molecular flexibility index (Phi) is 6.44. The van der Waals surface area contributed by atoms with Gasteiger partial charge in [0.1, 0.15) is 0 Å². The van der Waals surface area contributed by atoms with Crippen LogP contribution in [0.4, 0.5) is 0 Å². The Morgan fingerprint density at radius 1 is 1.42 bits per heavy atom. The Morgan fingerprint density at radius 2 is 2.16 bits per heavy atom. The molecule has 0 aromatic rings. The van der Waals surface area contributed by atoms with Crippen LogP contribution in [-0.4, -0.2) is 12.5 Å². The highest BCUT2D eigenvalue weighted by molar-refractivity contribution is 5.59. The van der Waals surface area contributed by atoms with Gasteiger partial charge in [-0.3, -0.25) is 4.79 Å². The van der Waals surface area contributed by atoms with Gasteiger partial charge in [-0.05, 0) is 30.8 Å². The van der Waals surface area contributed by atoms with Gasteiger partial charge in [-0.1, -0.05) is 33.8 Å². The smallest absolute Gasteiger partial charge is 0.162 e. The van der Waals surface area contributed by atoms with Gasteiger partial charge in [-0.2, -0.15) is 0 Å². The minimum Gasteiger partial charge on any atom is -0.364 e. The molecule has 1 heterocycles. The predicted octanol–water partition coefficient (Wildman–Crippen LogP) is 2.97. The Balaban J connectivity index is 2.55. The number of carbonyl (C=O) groups is 1. The lowest BCUT2D eigenvalue weighted by Crippen LogP contribution is -2.34. The molecule has 4 atom stereocenters. The molecule has 0 aliphatic carbocycles. The van der Waals surface area contributed by atoms with E-state index in [2.05, 4.69) is 43.7 Å². The fourth-order valence-electron chi connectivity index (χ4n) is 2.33. The van der Waals surface area contributed by atoms with Crippen molar-refractivity contribution in [3.8, 4) is 0 Å². The zero-order valence-corrected chi connectivity index (χ0v) is 12.3. The van der Waals surface area contributed by atoms with Gasteiger partial charge in [-0.15, -0.1) is 5.73 Å². The minimum atomic E-state index is -0.289. The van der Waals surface area contributed by atoms with Crippen LogP contribution in [0.25, 0.3) is 0 Å². The third-order valence-electron chi connectivity index (χ3n) is 4.14. The number of hydrogen-bond donors (Lipinski definition) is 2. The Morgan fingerprint density at radius 3 is 2.68 bits per heavy atom. The van der Waals surface area contributed by atoms with Gasteiger partial charge in [0.05, 0.1) is 0 Å².